The van der Waals surface area contributed by atoms with Crippen LogP contribution in [0.5, 0.6) is 0 Å². The molecule has 1 aliphatic carbocycles. The third-order valence-corrected chi connectivity index (χ3v) is 3.14. The normalized spacial score (nSPS) is 30.5. The predicted molar refractivity (Wildman–Crippen MR) is 69.7 cm³/mol. The van der Waals surface area contributed by atoms with Crippen molar-refractivity contribution >= 4 is 11.9 Å². The van der Waals surface area contributed by atoms with Crippen molar-refractivity contribution in [1.29, 1.82) is 0 Å². The van der Waals surface area contributed by atoms with Crippen molar-refractivity contribution in [3.63, 3.8) is 0 Å². The van der Waals surface area contributed by atoms with Crippen molar-refractivity contribution in [3.8, 4) is 0 Å². The number of hydrogen-bond acceptors (Lipinski definition) is 2. The first-order chi connectivity index (χ1) is 8.12. The molecule has 2 aliphatic rings. The zero-order valence-corrected chi connectivity index (χ0v) is 11.7. The Bertz CT molecular complexity index is 256. The standard InChI is InChI=1S/C9H14N2O2.2C2H6/c1-6-2-4-9(5-3-6)7(12)10-8(13)11-9;2*1-2/h6H,2-5H2,1H3,(H2,10,11,12,13);2*1-2H3. The fourth-order valence-electron chi connectivity index (χ4n) is 2.14. The molecule has 1 heterocycles. The van der Waals surface area contributed by atoms with E-state index in [1.54, 1.807) is 0 Å². The van der Waals surface area contributed by atoms with Crippen LogP contribution >= 0.6 is 0 Å². The monoisotopic (exact) mass is 242 g/mol. The summed E-state index contributed by atoms with van der Waals surface area (Å²) < 4.78 is 0. The van der Waals surface area contributed by atoms with Gasteiger partial charge >= 0.3 is 6.03 Å². The molecule has 3 amide bonds. The Hall–Kier alpha value is -1.06. The smallest absolute Gasteiger partial charge is 0.322 e. The lowest BCUT2D eigenvalue weighted by Gasteiger charge is -2.32. The van der Waals surface area contributed by atoms with Crippen molar-refractivity contribution in [2.45, 2.75) is 65.8 Å². The molecule has 17 heavy (non-hydrogen) atoms. The van der Waals surface area contributed by atoms with Gasteiger partial charge in [-0.25, -0.2) is 4.79 Å². The molecule has 4 heteroatoms. The number of carbonyl (C=O) groups excluding carboxylic acids is 2. The van der Waals surface area contributed by atoms with Crippen LogP contribution in [0.1, 0.15) is 60.3 Å². The molecule has 0 aromatic heterocycles. The van der Waals surface area contributed by atoms with Crippen LogP contribution in [0.25, 0.3) is 0 Å². The molecule has 0 unspecified atom stereocenters. The van der Waals surface area contributed by atoms with E-state index in [0.29, 0.717) is 5.92 Å². The molecule has 2 N–H and O–H groups in total. The minimum absolute atomic E-state index is 0.135. The van der Waals surface area contributed by atoms with Gasteiger partial charge in [-0.15, -0.1) is 0 Å². The second-order valence-corrected chi connectivity index (χ2v) is 4.17. The Morgan fingerprint density at radius 3 is 1.88 bits per heavy atom. The minimum Gasteiger partial charge on any atom is -0.323 e. The van der Waals surface area contributed by atoms with Gasteiger partial charge in [0.1, 0.15) is 5.54 Å². The highest BCUT2D eigenvalue weighted by molar-refractivity contribution is 6.07. The molecule has 0 atom stereocenters. The van der Waals surface area contributed by atoms with E-state index in [-0.39, 0.29) is 11.9 Å². The molecular weight excluding hydrogens is 216 g/mol. The summed E-state index contributed by atoms with van der Waals surface area (Å²) in [5.41, 5.74) is -0.566. The highest BCUT2D eigenvalue weighted by atomic mass is 16.2. The Morgan fingerprint density at radius 2 is 1.53 bits per heavy atom. The number of imide groups is 1. The van der Waals surface area contributed by atoms with Crippen LogP contribution in [0.3, 0.4) is 0 Å². The molecule has 2 rings (SSSR count). The summed E-state index contributed by atoms with van der Waals surface area (Å²) in [6.07, 6.45) is 3.61. The third kappa shape index (κ3) is 3.72. The van der Waals surface area contributed by atoms with E-state index in [9.17, 15) is 9.59 Å². The topological polar surface area (TPSA) is 58.2 Å². The lowest BCUT2D eigenvalue weighted by molar-refractivity contribution is -0.125. The van der Waals surface area contributed by atoms with Gasteiger partial charge in [0.25, 0.3) is 5.91 Å². The highest BCUT2D eigenvalue weighted by Crippen LogP contribution is 2.33. The summed E-state index contributed by atoms with van der Waals surface area (Å²) >= 11 is 0. The molecule has 1 saturated carbocycles. The van der Waals surface area contributed by atoms with E-state index in [1.807, 2.05) is 27.7 Å². The molecule has 0 bridgehead atoms. The van der Waals surface area contributed by atoms with Crippen LogP contribution < -0.4 is 10.6 Å². The largest absolute Gasteiger partial charge is 0.323 e. The van der Waals surface area contributed by atoms with Crippen LogP contribution in [-0.4, -0.2) is 17.5 Å². The molecule has 100 valence electrons. The SMILES string of the molecule is CC.CC.CC1CCC2(CC1)NC(=O)NC2=O. The summed E-state index contributed by atoms with van der Waals surface area (Å²) in [7, 11) is 0. The van der Waals surface area contributed by atoms with E-state index >= 15 is 0 Å². The van der Waals surface area contributed by atoms with E-state index in [2.05, 4.69) is 17.6 Å². The molecule has 2 fully saturated rings. The lowest BCUT2D eigenvalue weighted by atomic mass is 9.77. The van der Waals surface area contributed by atoms with Gasteiger partial charge in [-0.3, -0.25) is 10.1 Å². The second kappa shape index (κ2) is 7.30. The van der Waals surface area contributed by atoms with E-state index in [1.165, 1.54) is 0 Å². The van der Waals surface area contributed by atoms with Gasteiger partial charge in [-0.1, -0.05) is 34.6 Å². The van der Waals surface area contributed by atoms with Gasteiger partial charge < -0.3 is 5.32 Å². The van der Waals surface area contributed by atoms with Crippen LogP contribution in [0.15, 0.2) is 0 Å². The Kier molecular flexibility index (Phi) is 6.85. The highest BCUT2D eigenvalue weighted by Gasteiger charge is 2.47. The number of hydrogen-bond donors (Lipinski definition) is 2. The maximum atomic E-state index is 11.5. The first kappa shape index (κ1) is 15.9. The Balaban J connectivity index is 0.000000581. The Morgan fingerprint density at radius 1 is 1.06 bits per heavy atom. The molecule has 1 saturated heterocycles. The zero-order chi connectivity index (χ0) is 13.5. The van der Waals surface area contributed by atoms with Gasteiger partial charge in [0.2, 0.25) is 0 Å². The summed E-state index contributed by atoms with van der Waals surface area (Å²) in [6.45, 7) is 10.2. The zero-order valence-electron chi connectivity index (χ0n) is 11.7. The first-order valence-electron chi connectivity index (χ1n) is 6.76. The van der Waals surface area contributed by atoms with E-state index in [4.69, 9.17) is 0 Å². The fourth-order valence-corrected chi connectivity index (χ4v) is 2.14. The van der Waals surface area contributed by atoms with Gasteiger partial charge in [-0.05, 0) is 31.6 Å². The van der Waals surface area contributed by atoms with Crippen molar-refractivity contribution in [2.75, 3.05) is 0 Å². The third-order valence-electron chi connectivity index (χ3n) is 3.14. The van der Waals surface area contributed by atoms with Gasteiger partial charge in [0.05, 0.1) is 0 Å². The summed E-state index contributed by atoms with van der Waals surface area (Å²) in [4.78, 5) is 22.4. The summed E-state index contributed by atoms with van der Waals surface area (Å²) in [5.74, 6) is 0.542. The van der Waals surface area contributed by atoms with Crippen LogP contribution in [0.2, 0.25) is 0 Å². The first-order valence-corrected chi connectivity index (χ1v) is 6.76. The average Bonchev–Trinajstić information content (AvgIpc) is 2.64. The average molecular weight is 242 g/mol. The number of nitrogens with one attached hydrogen (secondary N) is 2. The minimum atomic E-state index is -0.566. The number of amides is 3. The fraction of sp³-hybridized carbons (Fsp3) is 0.846. The molecule has 1 aliphatic heterocycles. The number of carbonyl (C=O) groups is 2. The Labute approximate surface area is 105 Å². The molecule has 1 spiro atoms. The quantitative estimate of drug-likeness (QED) is 0.642. The molecular formula is C13H26N2O2. The van der Waals surface area contributed by atoms with Crippen molar-refractivity contribution < 1.29 is 9.59 Å². The molecule has 0 aromatic rings. The van der Waals surface area contributed by atoms with Crippen molar-refractivity contribution in [1.82, 2.24) is 10.6 Å². The van der Waals surface area contributed by atoms with Gasteiger partial charge in [0, 0.05) is 0 Å². The van der Waals surface area contributed by atoms with E-state index in [0.717, 1.165) is 25.7 Å². The second-order valence-electron chi connectivity index (χ2n) is 4.17. The van der Waals surface area contributed by atoms with Crippen LogP contribution in [0.4, 0.5) is 4.79 Å². The maximum Gasteiger partial charge on any atom is 0.322 e. The number of rotatable bonds is 0. The molecule has 4 nitrogen and oxygen atoms in total. The van der Waals surface area contributed by atoms with Gasteiger partial charge in [0.15, 0.2) is 0 Å². The van der Waals surface area contributed by atoms with Crippen LogP contribution in [-0.2, 0) is 4.79 Å². The summed E-state index contributed by atoms with van der Waals surface area (Å²) in [5, 5.41) is 5.04. The van der Waals surface area contributed by atoms with Gasteiger partial charge in [-0.2, -0.15) is 0 Å². The molecule has 0 radical (unpaired) electrons. The van der Waals surface area contributed by atoms with Crippen LogP contribution in [0, 0.1) is 5.92 Å². The number of urea groups is 1. The lowest BCUT2D eigenvalue weighted by Crippen LogP contribution is -2.49. The van der Waals surface area contributed by atoms with E-state index < -0.39 is 5.54 Å². The van der Waals surface area contributed by atoms with Crippen molar-refractivity contribution in [2.24, 2.45) is 5.92 Å². The predicted octanol–water partition coefficient (Wildman–Crippen LogP) is 2.83. The van der Waals surface area contributed by atoms with Crippen molar-refractivity contribution in [3.05, 3.63) is 0 Å². The molecule has 0 aromatic carbocycles. The maximum absolute atomic E-state index is 11.5. The summed E-state index contributed by atoms with van der Waals surface area (Å²) in [6, 6.07) is -0.334.